The standard InChI is InChI=1S/C16H26N2O.ClH/c1-3-11-17-12-13-18-16(19)6-4-5-15-9-7-14(2)8-10-15;/h7-10,17H,3-6,11-13H2,1-2H3,(H,18,19);1H. The van der Waals surface area contributed by atoms with E-state index in [-0.39, 0.29) is 18.3 Å². The molecule has 2 N–H and O–H groups in total. The smallest absolute Gasteiger partial charge is 0.220 e. The number of aryl methyl sites for hydroxylation is 2. The van der Waals surface area contributed by atoms with E-state index in [0.29, 0.717) is 6.42 Å². The monoisotopic (exact) mass is 298 g/mol. The number of hydrogen-bond donors (Lipinski definition) is 2. The molecule has 1 rings (SSSR count). The van der Waals surface area contributed by atoms with Crippen LogP contribution in [0, 0.1) is 6.92 Å². The predicted molar refractivity (Wildman–Crippen MR) is 87.5 cm³/mol. The van der Waals surface area contributed by atoms with Crippen molar-refractivity contribution in [1.82, 2.24) is 10.6 Å². The molecule has 0 saturated carbocycles. The summed E-state index contributed by atoms with van der Waals surface area (Å²) in [6.07, 6.45) is 3.63. The predicted octanol–water partition coefficient (Wildman–Crippen LogP) is 2.86. The van der Waals surface area contributed by atoms with E-state index >= 15 is 0 Å². The van der Waals surface area contributed by atoms with Gasteiger partial charge in [0.05, 0.1) is 0 Å². The van der Waals surface area contributed by atoms with Crippen molar-refractivity contribution in [3.05, 3.63) is 35.4 Å². The molecule has 1 amide bonds. The Balaban J connectivity index is 0.00000361. The van der Waals surface area contributed by atoms with Crippen LogP contribution < -0.4 is 10.6 Å². The van der Waals surface area contributed by atoms with Crippen LogP contribution in [-0.2, 0) is 11.2 Å². The van der Waals surface area contributed by atoms with Crippen LogP contribution in [0.5, 0.6) is 0 Å². The first-order valence-electron chi connectivity index (χ1n) is 7.25. The second-order valence-corrected chi connectivity index (χ2v) is 4.94. The number of rotatable bonds is 9. The Labute approximate surface area is 128 Å². The first kappa shape index (κ1) is 18.9. The zero-order valence-electron chi connectivity index (χ0n) is 12.6. The summed E-state index contributed by atoms with van der Waals surface area (Å²) < 4.78 is 0. The second-order valence-electron chi connectivity index (χ2n) is 4.94. The Morgan fingerprint density at radius 2 is 1.80 bits per heavy atom. The maximum absolute atomic E-state index is 11.6. The number of nitrogens with one attached hydrogen (secondary N) is 2. The van der Waals surface area contributed by atoms with E-state index in [9.17, 15) is 4.79 Å². The molecule has 0 radical (unpaired) electrons. The van der Waals surface area contributed by atoms with Gasteiger partial charge in [0.25, 0.3) is 0 Å². The Morgan fingerprint density at radius 3 is 2.45 bits per heavy atom. The Hall–Kier alpha value is -1.06. The number of halogens is 1. The molecule has 4 heteroatoms. The fourth-order valence-electron chi connectivity index (χ4n) is 1.89. The highest BCUT2D eigenvalue weighted by atomic mass is 35.5. The van der Waals surface area contributed by atoms with Crippen LogP contribution in [0.3, 0.4) is 0 Å². The maximum atomic E-state index is 11.6. The van der Waals surface area contributed by atoms with Gasteiger partial charge >= 0.3 is 0 Å². The van der Waals surface area contributed by atoms with Gasteiger partial charge in [0.15, 0.2) is 0 Å². The van der Waals surface area contributed by atoms with Gasteiger partial charge in [0.1, 0.15) is 0 Å². The fourth-order valence-corrected chi connectivity index (χ4v) is 1.89. The molecule has 0 aliphatic rings. The molecule has 0 fully saturated rings. The summed E-state index contributed by atoms with van der Waals surface area (Å²) in [6, 6.07) is 8.52. The first-order chi connectivity index (χ1) is 9.22. The first-order valence-corrected chi connectivity index (χ1v) is 7.25. The number of carbonyl (C=O) groups is 1. The van der Waals surface area contributed by atoms with Gasteiger partial charge in [-0.1, -0.05) is 36.8 Å². The van der Waals surface area contributed by atoms with Gasteiger partial charge in [-0.3, -0.25) is 4.79 Å². The van der Waals surface area contributed by atoms with Crippen LogP contribution in [-0.4, -0.2) is 25.5 Å². The fraction of sp³-hybridized carbons (Fsp3) is 0.562. The normalized spacial score (nSPS) is 9.90. The summed E-state index contributed by atoms with van der Waals surface area (Å²) in [5.41, 5.74) is 2.59. The molecule has 0 unspecified atom stereocenters. The summed E-state index contributed by atoms with van der Waals surface area (Å²) >= 11 is 0. The van der Waals surface area contributed by atoms with E-state index in [1.54, 1.807) is 0 Å². The van der Waals surface area contributed by atoms with Crippen molar-refractivity contribution in [3.8, 4) is 0 Å². The zero-order valence-corrected chi connectivity index (χ0v) is 13.4. The van der Waals surface area contributed by atoms with Crippen molar-refractivity contribution >= 4 is 18.3 Å². The molecule has 0 aromatic heterocycles. The summed E-state index contributed by atoms with van der Waals surface area (Å²) in [4.78, 5) is 11.6. The van der Waals surface area contributed by atoms with Gasteiger partial charge in [-0.25, -0.2) is 0 Å². The number of amides is 1. The molecule has 114 valence electrons. The van der Waals surface area contributed by atoms with Gasteiger partial charge in [-0.15, -0.1) is 12.4 Å². The van der Waals surface area contributed by atoms with E-state index in [0.717, 1.165) is 38.9 Å². The van der Waals surface area contributed by atoms with Gasteiger partial charge in [0, 0.05) is 19.5 Å². The van der Waals surface area contributed by atoms with Crippen molar-refractivity contribution in [1.29, 1.82) is 0 Å². The van der Waals surface area contributed by atoms with Gasteiger partial charge in [-0.2, -0.15) is 0 Å². The minimum atomic E-state index is 0. The van der Waals surface area contributed by atoms with Crippen LogP contribution in [0.25, 0.3) is 0 Å². The minimum Gasteiger partial charge on any atom is -0.355 e. The summed E-state index contributed by atoms with van der Waals surface area (Å²) in [7, 11) is 0. The molecule has 0 saturated heterocycles. The SMILES string of the molecule is CCCNCCNC(=O)CCCc1ccc(C)cc1.Cl. The van der Waals surface area contributed by atoms with Crippen LogP contribution >= 0.6 is 12.4 Å². The molecule has 0 spiro atoms. The van der Waals surface area contributed by atoms with E-state index in [2.05, 4.69) is 48.7 Å². The molecule has 0 atom stereocenters. The Kier molecular flexibility index (Phi) is 11.1. The molecule has 0 aliphatic heterocycles. The van der Waals surface area contributed by atoms with Crippen molar-refractivity contribution in [2.75, 3.05) is 19.6 Å². The van der Waals surface area contributed by atoms with Gasteiger partial charge in [-0.05, 0) is 38.3 Å². The van der Waals surface area contributed by atoms with E-state index in [1.807, 2.05) is 0 Å². The highest BCUT2D eigenvalue weighted by Crippen LogP contribution is 2.06. The second kappa shape index (κ2) is 11.7. The highest BCUT2D eigenvalue weighted by molar-refractivity contribution is 5.85. The molecule has 0 heterocycles. The molecule has 1 aromatic rings. The third kappa shape index (κ3) is 8.94. The Bertz CT molecular complexity index is 365. The lowest BCUT2D eigenvalue weighted by atomic mass is 10.1. The molecule has 0 bridgehead atoms. The Morgan fingerprint density at radius 1 is 1.10 bits per heavy atom. The van der Waals surface area contributed by atoms with Crippen LogP contribution in [0.2, 0.25) is 0 Å². The zero-order chi connectivity index (χ0) is 13.9. The number of hydrogen-bond acceptors (Lipinski definition) is 2. The molecular formula is C16H27ClN2O. The lowest BCUT2D eigenvalue weighted by molar-refractivity contribution is -0.121. The average molecular weight is 299 g/mol. The lowest BCUT2D eigenvalue weighted by Gasteiger charge is -2.06. The van der Waals surface area contributed by atoms with Crippen molar-refractivity contribution in [2.24, 2.45) is 0 Å². The van der Waals surface area contributed by atoms with Crippen LogP contribution in [0.15, 0.2) is 24.3 Å². The maximum Gasteiger partial charge on any atom is 0.220 e. The summed E-state index contributed by atoms with van der Waals surface area (Å²) in [5, 5.41) is 6.20. The number of benzene rings is 1. The van der Waals surface area contributed by atoms with E-state index < -0.39 is 0 Å². The van der Waals surface area contributed by atoms with Gasteiger partial charge < -0.3 is 10.6 Å². The van der Waals surface area contributed by atoms with Crippen molar-refractivity contribution in [3.63, 3.8) is 0 Å². The van der Waals surface area contributed by atoms with Crippen LogP contribution in [0.1, 0.15) is 37.3 Å². The topological polar surface area (TPSA) is 41.1 Å². The van der Waals surface area contributed by atoms with E-state index in [1.165, 1.54) is 11.1 Å². The average Bonchev–Trinajstić information content (AvgIpc) is 2.41. The minimum absolute atomic E-state index is 0. The quantitative estimate of drug-likeness (QED) is 0.688. The third-order valence-electron chi connectivity index (χ3n) is 3.04. The molecule has 1 aromatic carbocycles. The largest absolute Gasteiger partial charge is 0.355 e. The molecule has 0 aliphatic carbocycles. The molecule has 20 heavy (non-hydrogen) atoms. The molecular weight excluding hydrogens is 272 g/mol. The van der Waals surface area contributed by atoms with E-state index in [4.69, 9.17) is 0 Å². The molecule has 3 nitrogen and oxygen atoms in total. The highest BCUT2D eigenvalue weighted by Gasteiger charge is 2.00. The summed E-state index contributed by atoms with van der Waals surface area (Å²) in [6.45, 7) is 6.82. The number of carbonyl (C=O) groups excluding carboxylic acids is 1. The third-order valence-corrected chi connectivity index (χ3v) is 3.04. The van der Waals surface area contributed by atoms with Crippen LogP contribution in [0.4, 0.5) is 0 Å². The van der Waals surface area contributed by atoms with Crippen molar-refractivity contribution < 1.29 is 4.79 Å². The van der Waals surface area contributed by atoms with Crippen molar-refractivity contribution in [2.45, 2.75) is 39.5 Å². The van der Waals surface area contributed by atoms with Gasteiger partial charge in [0.2, 0.25) is 5.91 Å². The summed E-state index contributed by atoms with van der Waals surface area (Å²) in [5.74, 6) is 0.158. The lowest BCUT2D eigenvalue weighted by Crippen LogP contribution is -2.31.